The molecule has 0 radical (unpaired) electrons. The highest BCUT2D eigenvalue weighted by Gasteiger charge is 2.11. The van der Waals surface area contributed by atoms with Crippen LogP contribution in [-0.4, -0.2) is 19.3 Å². The van der Waals surface area contributed by atoms with Gasteiger partial charge in [0.25, 0.3) is 0 Å². The van der Waals surface area contributed by atoms with E-state index in [1.807, 2.05) is 0 Å². The maximum absolute atomic E-state index is 14.0. The number of nitrogens with one attached hydrogen (secondary N) is 2. The van der Waals surface area contributed by atoms with Crippen LogP contribution in [0.1, 0.15) is 0 Å². The fourth-order valence-electron chi connectivity index (χ4n) is 1.85. The van der Waals surface area contributed by atoms with E-state index in [4.69, 9.17) is 21.7 Å². The number of thiocarbonyl (C=S) groups is 1. The van der Waals surface area contributed by atoms with Gasteiger partial charge in [-0.1, -0.05) is 15.9 Å². The number of hydrogen-bond acceptors (Lipinski definition) is 3. The van der Waals surface area contributed by atoms with Crippen LogP contribution in [0, 0.1) is 5.82 Å². The van der Waals surface area contributed by atoms with Crippen molar-refractivity contribution >= 4 is 60.6 Å². The topological polar surface area (TPSA) is 42.5 Å². The van der Waals surface area contributed by atoms with Crippen molar-refractivity contribution in [1.82, 2.24) is 0 Å². The second-order valence-corrected chi connectivity index (χ2v) is 6.57. The second kappa shape index (κ2) is 7.94. The van der Waals surface area contributed by atoms with Gasteiger partial charge in [-0.15, -0.1) is 0 Å². The van der Waals surface area contributed by atoms with E-state index < -0.39 is 5.82 Å². The predicted molar refractivity (Wildman–Crippen MR) is 101 cm³/mol. The standard InChI is InChI=1S/C15H13Br2FN2O2S/c1-21-12-4-3-9(7-13(12)22-2)19-15(23)20-14-10(17)5-8(16)6-11(14)18/h3-7H,1-2H3,(H2,19,20,23). The molecule has 0 unspecified atom stereocenters. The molecule has 8 heteroatoms. The molecular formula is C15H13Br2FN2O2S. The Morgan fingerprint density at radius 1 is 1.04 bits per heavy atom. The van der Waals surface area contributed by atoms with Crippen LogP contribution in [0.4, 0.5) is 15.8 Å². The maximum atomic E-state index is 14.0. The molecule has 0 spiro atoms. The predicted octanol–water partition coefficient (Wildman–Crippen LogP) is 5.18. The quantitative estimate of drug-likeness (QED) is 0.611. The zero-order chi connectivity index (χ0) is 17.0. The molecule has 0 saturated heterocycles. The van der Waals surface area contributed by atoms with Gasteiger partial charge in [0.05, 0.1) is 19.9 Å². The fraction of sp³-hybridized carbons (Fsp3) is 0.133. The Morgan fingerprint density at radius 3 is 2.35 bits per heavy atom. The zero-order valence-corrected chi connectivity index (χ0v) is 16.2. The molecule has 0 aliphatic heterocycles. The average Bonchev–Trinajstić information content (AvgIpc) is 2.50. The number of ether oxygens (including phenoxy) is 2. The summed E-state index contributed by atoms with van der Waals surface area (Å²) in [4.78, 5) is 0. The first kappa shape index (κ1) is 18.0. The van der Waals surface area contributed by atoms with Crippen LogP contribution in [0.25, 0.3) is 0 Å². The van der Waals surface area contributed by atoms with Crippen LogP contribution >= 0.6 is 44.1 Å². The largest absolute Gasteiger partial charge is 0.493 e. The van der Waals surface area contributed by atoms with Crippen molar-refractivity contribution in [3.05, 3.63) is 45.1 Å². The van der Waals surface area contributed by atoms with Crippen molar-refractivity contribution in [1.29, 1.82) is 0 Å². The molecule has 0 aliphatic rings. The summed E-state index contributed by atoms with van der Waals surface area (Å²) in [7, 11) is 3.11. The van der Waals surface area contributed by atoms with E-state index in [1.165, 1.54) is 6.07 Å². The number of halogens is 3. The Morgan fingerprint density at radius 2 is 1.74 bits per heavy atom. The van der Waals surface area contributed by atoms with Gasteiger partial charge in [-0.25, -0.2) is 4.39 Å². The average molecular weight is 464 g/mol. The summed E-state index contributed by atoms with van der Waals surface area (Å²) < 4.78 is 25.6. The normalized spacial score (nSPS) is 10.1. The molecule has 0 atom stereocenters. The molecule has 0 aliphatic carbocycles. The van der Waals surface area contributed by atoms with Crippen molar-refractivity contribution in [2.45, 2.75) is 0 Å². The SMILES string of the molecule is COc1ccc(NC(=S)Nc2c(F)cc(Br)cc2Br)cc1OC. The minimum absolute atomic E-state index is 0.249. The van der Waals surface area contributed by atoms with Crippen molar-refractivity contribution in [3.8, 4) is 11.5 Å². The summed E-state index contributed by atoms with van der Waals surface area (Å²) in [6.45, 7) is 0. The third kappa shape index (κ3) is 4.55. The van der Waals surface area contributed by atoms with E-state index in [0.717, 1.165) is 0 Å². The van der Waals surface area contributed by atoms with Gasteiger partial charge in [-0.2, -0.15) is 0 Å². The van der Waals surface area contributed by atoms with Crippen LogP contribution in [0.2, 0.25) is 0 Å². The minimum Gasteiger partial charge on any atom is -0.493 e. The molecule has 2 rings (SSSR count). The van der Waals surface area contributed by atoms with Crippen LogP contribution < -0.4 is 20.1 Å². The summed E-state index contributed by atoms with van der Waals surface area (Å²) in [5.41, 5.74) is 0.944. The highest BCUT2D eigenvalue weighted by Crippen LogP contribution is 2.31. The molecule has 0 amide bonds. The molecule has 4 nitrogen and oxygen atoms in total. The van der Waals surface area contributed by atoms with Gasteiger partial charge in [0, 0.05) is 20.7 Å². The second-order valence-electron chi connectivity index (χ2n) is 4.39. The Bertz CT molecular complexity index is 720. The van der Waals surface area contributed by atoms with Gasteiger partial charge >= 0.3 is 0 Å². The van der Waals surface area contributed by atoms with Gasteiger partial charge in [0.1, 0.15) is 5.82 Å². The summed E-state index contributed by atoms with van der Waals surface area (Å²) in [6, 6.07) is 8.35. The first-order valence-electron chi connectivity index (χ1n) is 6.39. The first-order valence-corrected chi connectivity index (χ1v) is 8.38. The van der Waals surface area contributed by atoms with Crippen LogP contribution in [-0.2, 0) is 0 Å². The van der Waals surface area contributed by atoms with Crippen LogP contribution in [0.3, 0.4) is 0 Å². The van der Waals surface area contributed by atoms with Crippen molar-refractivity contribution in [2.75, 3.05) is 24.9 Å². The molecule has 122 valence electrons. The van der Waals surface area contributed by atoms with Gasteiger partial charge in [0.2, 0.25) is 0 Å². The Kier molecular flexibility index (Phi) is 6.20. The van der Waals surface area contributed by atoms with Gasteiger partial charge in [-0.05, 0) is 52.4 Å². The molecule has 23 heavy (non-hydrogen) atoms. The van der Waals surface area contributed by atoms with Gasteiger partial charge in [0.15, 0.2) is 16.6 Å². The van der Waals surface area contributed by atoms with E-state index in [9.17, 15) is 4.39 Å². The third-order valence-corrected chi connectivity index (χ3v) is 4.17. The van der Waals surface area contributed by atoms with E-state index in [-0.39, 0.29) is 10.8 Å². The number of rotatable bonds is 4. The Labute approximate surface area is 155 Å². The number of hydrogen-bond donors (Lipinski definition) is 2. The lowest BCUT2D eigenvalue weighted by Gasteiger charge is -2.14. The summed E-state index contributed by atoms with van der Waals surface area (Å²) in [5.74, 6) is 0.748. The molecule has 0 heterocycles. The third-order valence-electron chi connectivity index (χ3n) is 2.89. The number of anilines is 2. The lowest BCUT2D eigenvalue weighted by molar-refractivity contribution is 0.355. The molecule has 2 N–H and O–H groups in total. The molecule has 0 saturated carbocycles. The van der Waals surface area contributed by atoms with E-state index in [0.29, 0.717) is 26.1 Å². The summed E-state index contributed by atoms with van der Waals surface area (Å²) >= 11 is 11.7. The minimum atomic E-state index is -0.428. The van der Waals surface area contributed by atoms with Crippen LogP contribution in [0.15, 0.2) is 39.3 Å². The lowest BCUT2D eigenvalue weighted by Crippen LogP contribution is -2.20. The van der Waals surface area contributed by atoms with Crippen molar-refractivity contribution in [3.63, 3.8) is 0 Å². The molecule has 2 aromatic carbocycles. The van der Waals surface area contributed by atoms with E-state index in [2.05, 4.69) is 42.5 Å². The molecule has 0 bridgehead atoms. The van der Waals surface area contributed by atoms with E-state index in [1.54, 1.807) is 38.5 Å². The highest BCUT2D eigenvalue weighted by atomic mass is 79.9. The molecule has 2 aromatic rings. The van der Waals surface area contributed by atoms with Crippen LogP contribution in [0.5, 0.6) is 11.5 Å². The summed E-state index contributed by atoms with van der Waals surface area (Å²) in [6.07, 6.45) is 0. The molecular weight excluding hydrogens is 451 g/mol. The maximum Gasteiger partial charge on any atom is 0.175 e. The monoisotopic (exact) mass is 462 g/mol. The number of benzene rings is 2. The van der Waals surface area contributed by atoms with E-state index >= 15 is 0 Å². The molecule has 0 aromatic heterocycles. The Balaban J connectivity index is 2.14. The summed E-state index contributed by atoms with van der Waals surface area (Å²) in [5, 5.41) is 6.05. The Hall–Kier alpha value is -1.38. The first-order chi connectivity index (χ1) is 10.9. The highest BCUT2D eigenvalue weighted by molar-refractivity contribution is 9.11. The van der Waals surface area contributed by atoms with Crippen molar-refractivity contribution in [2.24, 2.45) is 0 Å². The smallest absolute Gasteiger partial charge is 0.175 e. The van der Waals surface area contributed by atoms with Gasteiger partial charge in [-0.3, -0.25) is 0 Å². The lowest BCUT2D eigenvalue weighted by atomic mass is 10.2. The number of methoxy groups -OCH3 is 2. The molecule has 0 fully saturated rings. The van der Waals surface area contributed by atoms with Gasteiger partial charge < -0.3 is 20.1 Å². The zero-order valence-electron chi connectivity index (χ0n) is 12.2. The fourth-order valence-corrected chi connectivity index (χ4v) is 3.34. The van der Waals surface area contributed by atoms with Crippen molar-refractivity contribution < 1.29 is 13.9 Å².